The predicted octanol–water partition coefficient (Wildman–Crippen LogP) is 19.4. The van der Waals surface area contributed by atoms with Crippen LogP contribution in [0.4, 0.5) is 17.1 Å². The molecule has 1 aliphatic heterocycles. The molecule has 3 heteroatoms. The summed E-state index contributed by atoms with van der Waals surface area (Å²) < 4.78 is 9.18. The summed E-state index contributed by atoms with van der Waals surface area (Å²) in [6, 6.07) is 102. The van der Waals surface area contributed by atoms with E-state index in [9.17, 15) is 0 Å². The molecule has 0 N–H and O–H groups in total. The molecule has 11 aromatic carbocycles. The minimum absolute atomic E-state index is 0.627. The number of ether oxygens (including phenoxy) is 1. The molecule has 3 aliphatic carbocycles. The predicted molar refractivity (Wildman–Crippen MR) is 314 cm³/mol. The molecule has 0 amide bonds. The molecule has 1 spiro atoms. The van der Waals surface area contributed by atoms with Crippen LogP contribution < -0.4 is 9.64 Å². The molecule has 0 unspecified atom stereocenters. The van der Waals surface area contributed by atoms with Gasteiger partial charge in [0.25, 0.3) is 0 Å². The summed E-state index contributed by atoms with van der Waals surface area (Å²) in [5, 5.41) is 2.49. The van der Waals surface area contributed by atoms with Crippen LogP contribution in [0.25, 0.3) is 94.3 Å². The normalized spacial score (nSPS) is 12.9. The Hall–Kier alpha value is -9.96. The molecule has 354 valence electrons. The van der Waals surface area contributed by atoms with Crippen molar-refractivity contribution in [2.24, 2.45) is 0 Å². The van der Waals surface area contributed by atoms with Crippen molar-refractivity contribution in [2.75, 3.05) is 4.90 Å². The average Bonchev–Trinajstić information content (AvgIpc) is 3.72. The minimum Gasteiger partial charge on any atom is -0.457 e. The third-order valence-corrected chi connectivity index (χ3v) is 16.4. The number of nitrogens with zero attached hydrogens (tertiary/aromatic N) is 2. The number of hydrogen-bond donors (Lipinski definition) is 0. The Morgan fingerprint density at radius 1 is 0.303 bits per heavy atom. The highest BCUT2D eigenvalue weighted by Gasteiger charge is 2.51. The Labute approximate surface area is 441 Å². The van der Waals surface area contributed by atoms with Gasteiger partial charge >= 0.3 is 0 Å². The topological polar surface area (TPSA) is 17.4 Å². The van der Waals surface area contributed by atoms with Crippen LogP contribution in [0.15, 0.2) is 279 Å². The van der Waals surface area contributed by atoms with Crippen molar-refractivity contribution >= 4 is 38.9 Å². The van der Waals surface area contributed by atoms with Gasteiger partial charge in [0.15, 0.2) is 0 Å². The summed E-state index contributed by atoms with van der Waals surface area (Å²) in [6.07, 6.45) is 0. The van der Waals surface area contributed by atoms with E-state index >= 15 is 0 Å². The summed E-state index contributed by atoms with van der Waals surface area (Å²) in [4.78, 5) is 2.55. The van der Waals surface area contributed by atoms with E-state index < -0.39 is 5.41 Å². The van der Waals surface area contributed by atoms with Crippen LogP contribution in [-0.2, 0) is 5.41 Å². The zero-order valence-corrected chi connectivity index (χ0v) is 41.4. The van der Waals surface area contributed by atoms with Crippen molar-refractivity contribution in [3.05, 3.63) is 301 Å². The standard InChI is InChI=1S/C73H46N2O/c1-3-21-47(22-4-1)51-25-7-8-26-52(51)53-27-9-10-28-54(53)57-30-12-17-35-65(57)75(68-44-42-59-71(72(59)68)48-39-43-67-60(45-48)58-31-13-18-36-66(58)74(67)49-23-5-2-6-24-49)50-40-41-56-55-29-11-14-32-61(55)73(64(56)46-50)62-33-15-19-37-69(62)76-70-38-20-16-34-63(70)73/h1-46H. The fraction of sp³-hybridized carbons (Fsp3) is 0.0137. The van der Waals surface area contributed by atoms with Crippen LogP contribution in [-0.4, -0.2) is 4.57 Å². The molecule has 3 nitrogen and oxygen atoms in total. The second kappa shape index (κ2) is 16.5. The maximum absolute atomic E-state index is 6.79. The van der Waals surface area contributed by atoms with Gasteiger partial charge < -0.3 is 14.2 Å². The van der Waals surface area contributed by atoms with Crippen LogP contribution in [0.5, 0.6) is 11.5 Å². The second-order valence-corrected chi connectivity index (χ2v) is 20.2. The number of benzene rings is 12. The molecule has 4 aliphatic rings. The Morgan fingerprint density at radius 2 is 0.842 bits per heavy atom. The van der Waals surface area contributed by atoms with Gasteiger partial charge in [0, 0.05) is 44.4 Å². The summed E-state index contributed by atoms with van der Waals surface area (Å²) >= 11 is 0. The summed E-state index contributed by atoms with van der Waals surface area (Å²) in [7, 11) is 0. The van der Waals surface area contributed by atoms with Gasteiger partial charge in [-0.3, -0.25) is 0 Å². The average molecular weight is 967 g/mol. The third kappa shape index (κ3) is 6.11. The fourth-order valence-electron chi connectivity index (χ4n) is 13.2. The minimum atomic E-state index is -0.627. The van der Waals surface area contributed by atoms with Gasteiger partial charge in [-0.2, -0.15) is 0 Å². The monoisotopic (exact) mass is 966 g/mol. The van der Waals surface area contributed by atoms with Gasteiger partial charge in [-0.1, -0.05) is 212 Å². The van der Waals surface area contributed by atoms with E-state index in [1.54, 1.807) is 0 Å². The molecule has 16 rings (SSSR count). The van der Waals surface area contributed by atoms with E-state index in [4.69, 9.17) is 4.74 Å². The highest BCUT2D eigenvalue weighted by Crippen LogP contribution is 2.64. The number of hydrogen-bond acceptors (Lipinski definition) is 2. The molecule has 0 saturated heterocycles. The van der Waals surface area contributed by atoms with Crippen molar-refractivity contribution in [1.82, 2.24) is 4.57 Å². The fourth-order valence-corrected chi connectivity index (χ4v) is 13.2. The zero-order chi connectivity index (χ0) is 49.9. The van der Waals surface area contributed by atoms with Crippen molar-refractivity contribution < 1.29 is 4.74 Å². The molecule has 0 saturated carbocycles. The smallest absolute Gasteiger partial charge is 0.132 e. The first kappa shape index (κ1) is 42.5. The highest BCUT2D eigenvalue weighted by atomic mass is 16.5. The van der Waals surface area contributed by atoms with Gasteiger partial charge in [-0.15, -0.1) is 0 Å². The first-order valence-corrected chi connectivity index (χ1v) is 26.2. The Bertz CT molecular complexity index is 4460. The summed E-state index contributed by atoms with van der Waals surface area (Å²) in [5.41, 5.74) is 25.7. The van der Waals surface area contributed by atoms with E-state index in [1.165, 1.54) is 94.1 Å². The lowest BCUT2D eigenvalue weighted by Crippen LogP contribution is -2.32. The lowest BCUT2D eigenvalue weighted by atomic mass is 9.66. The number of para-hydroxylation sites is 5. The summed E-state index contributed by atoms with van der Waals surface area (Å²) in [6.45, 7) is 0. The van der Waals surface area contributed by atoms with E-state index in [0.29, 0.717) is 0 Å². The highest BCUT2D eigenvalue weighted by molar-refractivity contribution is 6.19. The molecule has 76 heavy (non-hydrogen) atoms. The van der Waals surface area contributed by atoms with Crippen LogP contribution in [0.1, 0.15) is 22.3 Å². The Morgan fingerprint density at radius 3 is 1.59 bits per heavy atom. The van der Waals surface area contributed by atoms with E-state index in [1.807, 2.05) is 0 Å². The van der Waals surface area contributed by atoms with Gasteiger partial charge in [0.1, 0.15) is 11.5 Å². The molecule has 0 atom stereocenters. The number of aromatic nitrogens is 1. The van der Waals surface area contributed by atoms with Gasteiger partial charge in [0.05, 0.1) is 27.8 Å². The van der Waals surface area contributed by atoms with E-state index in [-0.39, 0.29) is 0 Å². The van der Waals surface area contributed by atoms with Gasteiger partial charge in [-0.25, -0.2) is 0 Å². The molecule has 0 fully saturated rings. The zero-order valence-electron chi connectivity index (χ0n) is 41.4. The lowest BCUT2D eigenvalue weighted by Gasteiger charge is -2.39. The molecular weight excluding hydrogens is 921 g/mol. The Kier molecular flexibility index (Phi) is 9.25. The molecular formula is C73H46N2O. The quantitative estimate of drug-likeness (QED) is 0.151. The maximum Gasteiger partial charge on any atom is 0.132 e. The Balaban J connectivity index is 0.935. The molecule has 12 aromatic rings. The SMILES string of the molecule is c1ccc(-c2ccccc2-c2ccccc2-c2ccccc2N(c2ccc3c(c2)C2(c4ccccc4Oc4ccccc42)c2ccccc2-3)c2ccc3c(-c4ccc5c(c4)c4ccccc4n5-c4ccccc4)c2-3)cc1. The van der Waals surface area contributed by atoms with Crippen LogP contribution in [0.2, 0.25) is 0 Å². The van der Waals surface area contributed by atoms with Crippen molar-refractivity contribution in [3.8, 4) is 83.9 Å². The number of anilines is 3. The van der Waals surface area contributed by atoms with Crippen molar-refractivity contribution in [2.45, 2.75) is 5.41 Å². The van der Waals surface area contributed by atoms with Gasteiger partial charge in [-0.05, 0) is 133 Å². The van der Waals surface area contributed by atoms with Crippen LogP contribution >= 0.6 is 0 Å². The molecule has 0 radical (unpaired) electrons. The second-order valence-electron chi connectivity index (χ2n) is 20.2. The van der Waals surface area contributed by atoms with E-state index in [2.05, 4.69) is 289 Å². The number of fused-ring (bicyclic) bond motifs is 13. The van der Waals surface area contributed by atoms with E-state index in [0.717, 1.165) is 50.9 Å². The third-order valence-electron chi connectivity index (χ3n) is 16.4. The largest absolute Gasteiger partial charge is 0.457 e. The first-order chi connectivity index (χ1) is 37.7. The first-order valence-electron chi connectivity index (χ1n) is 26.2. The maximum atomic E-state index is 6.79. The molecule has 2 heterocycles. The van der Waals surface area contributed by atoms with Crippen LogP contribution in [0.3, 0.4) is 0 Å². The van der Waals surface area contributed by atoms with Crippen molar-refractivity contribution in [3.63, 3.8) is 0 Å². The summed E-state index contributed by atoms with van der Waals surface area (Å²) in [5.74, 6) is 1.76. The van der Waals surface area contributed by atoms with Crippen LogP contribution in [0, 0.1) is 0 Å². The van der Waals surface area contributed by atoms with Gasteiger partial charge in [0.2, 0.25) is 0 Å². The lowest BCUT2D eigenvalue weighted by molar-refractivity contribution is 0.436. The van der Waals surface area contributed by atoms with Crippen molar-refractivity contribution in [1.29, 1.82) is 0 Å². The number of rotatable bonds is 8. The molecule has 1 aromatic heterocycles. The molecule has 0 bridgehead atoms.